The maximum Gasteiger partial charge on any atom is 0.331 e. The molecule has 2 aromatic rings. The number of carbonyl (C=O) groups is 3. The molecule has 0 saturated carbocycles. The number of nitrogens with zero attached hydrogens (tertiary/aromatic N) is 1. The molecule has 2 amide bonds. The topological polar surface area (TPSA) is 75.7 Å². The summed E-state index contributed by atoms with van der Waals surface area (Å²) in [5.74, 6) is -1.10. The molecule has 6 nitrogen and oxygen atoms in total. The molecule has 6 heteroatoms. The fourth-order valence-corrected chi connectivity index (χ4v) is 2.71. The molecule has 2 rings (SSSR count). The van der Waals surface area contributed by atoms with Crippen LogP contribution in [0.25, 0.3) is 6.08 Å². The van der Waals surface area contributed by atoms with Gasteiger partial charge in [-0.25, -0.2) is 4.79 Å². The van der Waals surface area contributed by atoms with E-state index in [4.69, 9.17) is 4.74 Å². The van der Waals surface area contributed by atoms with Gasteiger partial charge in [-0.3, -0.25) is 9.59 Å². The minimum Gasteiger partial charge on any atom is -0.452 e. The summed E-state index contributed by atoms with van der Waals surface area (Å²) in [6.07, 6.45) is 2.93. The van der Waals surface area contributed by atoms with Gasteiger partial charge in [0.2, 0.25) is 0 Å². The van der Waals surface area contributed by atoms with Crippen molar-refractivity contribution in [3.8, 4) is 0 Å². The number of hydrogen-bond acceptors (Lipinski definition) is 4. The molecule has 0 unspecified atom stereocenters. The highest BCUT2D eigenvalue weighted by atomic mass is 16.5. The Morgan fingerprint density at radius 1 is 1.03 bits per heavy atom. The van der Waals surface area contributed by atoms with E-state index in [0.717, 1.165) is 11.1 Å². The molecule has 0 aliphatic heterocycles. The minimum atomic E-state index is -0.596. The molecule has 0 aliphatic carbocycles. The van der Waals surface area contributed by atoms with E-state index in [2.05, 4.69) is 5.32 Å². The van der Waals surface area contributed by atoms with Gasteiger partial charge in [0.1, 0.15) is 0 Å². The molecule has 0 spiro atoms. The van der Waals surface area contributed by atoms with E-state index in [1.807, 2.05) is 45.0 Å². The van der Waals surface area contributed by atoms with E-state index in [0.29, 0.717) is 24.3 Å². The Hall–Kier alpha value is -3.41. The number of ether oxygens (including phenoxy) is 1. The van der Waals surface area contributed by atoms with Crippen molar-refractivity contribution in [1.82, 2.24) is 4.90 Å². The lowest BCUT2D eigenvalue weighted by Crippen LogP contribution is -2.30. The number of amides is 2. The first kappa shape index (κ1) is 21.9. The maximum atomic E-state index is 12.3. The van der Waals surface area contributed by atoms with Crippen molar-refractivity contribution < 1.29 is 19.1 Å². The molecule has 0 radical (unpaired) electrons. The summed E-state index contributed by atoms with van der Waals surface area (Å²) in [6.45, 7) is 6.69. The number of benzene rings is 2. The van der Waals surface area contributed by atoms with Crippen LogP contribution in [-0.4, -0.2) is 42.4 Å². The summed E-state index contributed by atoms with van der Waals surface area (Å²) in [5, 5.41) is 2.64. The van der Waals surface area contributed by atoms with Gasteiger partial charge in [-0.2, -0.15) is 0 Å². The quantitative estimate of drug-likeness (QED) is 0.547. The van der Waals surface area contributed by atoms with E-state index < -0.39 is 18.5 Å². The number of esters is 1. The maximum absolute atomic E-state index is 12.3. The first-order valence-electron chi connectivity index (χ1n) is 9.53. The Bertz CT molecular complexity index is 884. The van der Waals surface area contributed by atoms with Gasteiger partial charge in [0.25, 0.3) is 11.8 Å². The summed E-state index contributed by atoms with van der Waals surface area (Å²) in [7, 11) is 0. The SMILES string of the molecule is CCN(CC)C(=O)c1ccc(NC(=O)COC(=O)/C=C/c2cccc(C)c2)cc1. The van der Waals surface area contributed by atoms with Gasteiger partial charge in [-0.05, 0) is 56.7 Å². The van der Waals surface area contributed by atoms with Crippen LogP contribution < -0.4 is 5.32 Å². The summed E-state index contributed by atoms with van der Waals surface area (Å²) >= 11 is 0. The molecule has 0 aromatic heterocycles. The van der Waals surface area contributed by atoms with Crippen molar-refractivity contribution in [2.75, 3.05) is 25.0 Å². The first-order valence-corrected chi connectivity index (χ1v) is 9.53. The predicted molar refractivity (Wildman–Crippen MR) is 113 cm³/mol. The molecular weight excluding hydrogens is 368 g/mol. The van der Waals surface area contributed by atoms with Gasteiger partial charge in [-0.1, -0.05) is 29.8 Å². The third-order valence-electron chi connectivity index (χ3n) is 4.27. The van der Waals surface area contributed by atoms with Crippen molar-refractivity contribution in [3.63, 3.8) is 0 Å². The van der Waals surface area contributed by atoms with Gasteiger partial charge in [-0.15, -0.1) is 0 Å². The van der Waals surface area contributed by atoms with Gasteiger partial charge in [0.15, 0.2) is 6.61 Å². The van der Waals surface area contributed by atoms with Crippen molar-refractivity contribution in [2.45, 2.75) is 20.8 Å². The Kier molecular flexibility index (Phi) is 8.15. The van der Waals surface area contributed by atoms with E-state index >= 15 is 0 Å². The van der Waals surface area contributed by atoms with Gasteiger partial charge >= 0.3 is 5.97 Å². The van der Waals surface area contributed by atoms with Gasteiger partial charge < -0.3 is 15.0 Å². The first-order chi connectivity index (χ1) is 13.9. The molecule has 0 aliphatic rings. The number of aryl methyl sites for hydroxylation is 1. The van der Waals surface area contributed by atoms with Crippen molar-refractivity contribution in [2.24, 2.45) is 0 Å². The number of nitrogens with one attached hydrogen (secondary N) is 1. The summed E-state index contributed by atoms with van der Waals surface area (Å²) < 4.78 is 4.95. The van der Waals surface area contributed by atoms with Crippen molar-refractivity contribution >= 4 is 29.5 Å². The Balaban J connectivity index is 1.83. The largest absolute Gasteiger partial charge is 0.452 e. The predicted octanol–water partition coefficient (Wildman–Crippen LogP) is 3.67. The van der Waals surface area contributed by atoms with Crippen molar-refractivity contribution in [1.29, 1.82) is 0 Å². The van der Waals surface area contributed by atoms with Gasteiger partial charge in [0.05, 0.1) is 0 Å². The molecule has 2 aromatic carbocycles. The lowest BCUT2D eigenvalue weighted by Gasteiger charge is -2.18. The monoisotopic (exact) mass is 394 g/mol. The fourth-order valence-electron chi connectivity index (χ4n) is 2.71. The number of hydrogen-bond donors (Lipinski definition) is 1. The normalized spacial score (nSPS) is 10.6. The van der Waals surface area contributed by atoms with Crippen LogP contribution in [0.4, 0.5) is 5.69 Å². The Labute approximate surface area is 171 Å². The summed E-state index contributed by atoms with van der Waals surface area (Å²) in [5.41, 5.74) is 3.05. The summed E-state index contributed by atoms with van der Waals surface area (Å²) in [6, 6.07) is 14.3. The average molecular weight is 394 g/mol. The van der Waals surface area contributed by atoms with Crippen LogP contribution in [0.3, 0.4) is 0 Å². The molecule has 0 fully saturated rings. The second-order valence-corrected chi connectivity index (χ2v) is 6.46. The van der Waals surface area contributed by atoms with E-state index in [1.165, 1.54) is 6.08 Å². The van der Waals surface area contributed by atoms with E-state index in [-0.39, 0.29) is 5.91 Å². The molecule has 0 heterocycles. The fraction of sp³-hybridized carbons (Fsp3) is 0.261. The molecule has 0 saturated heterocycles. The van der Waals surface area contributed by atoms with Crippen LogP contribution in [0.15, 0.2) is 54.6 Å². The van der Waals surface area contributed by atoms with E-state index in [9.17, 15) is 14.4 Å². The zero-order valence-electron chi connectivity index (χ0n) is 17.0. The highest BCUT2D eigenvalue weighted by molar-refractivity contribution is 5.97. The third-order valence-corrected chi connectivity index (χ3v) is 4.27. The zero-order chi connectivity index (χ0) is 21.2. The number of anilines is 1. The van der Waals surface area contributed by atoms with Gasteiger partial charge in [0, 0.05) is 30.4 Å². The van der Waals surface area contributed by atoms with Crippen molar-refractivity contribution in [3.05, 3.63) is 71.3 Å². The van der Waals surface area contributed by atoms with Crippen LogP contribution in [0, 0.1) is 6.92 Å². The van der Waals surface area contributed by atoms with Crippen LogP contribution >= 0.6 is 0 Å². The lowest BCUT2D eigenvalue weighted by atomic mass is 10.1. The second kappa shape index (κ2) is 10.8. The van der Waals surface area contributed by atoms with Crippen LogP contribution in [0.1, 0.15) is 35.3 Å². The molecule has 0 atom stereocenters. The number of carbonyl (C=O) groups excluding carboxylic acids is 3. The molecule has 0 bridgehead atoms. The number of rotatable bonds is 8. The van der Waals surface area contributed by atoms with Crippen LogP contribution in [0.2, 0.25) is 0 Å². The van der Waals surface area contributed by atoms with Crippen LogP contribution in [-0.2, 0) is 14.3 Å². The third kappa shape index (κ3) is 6.92. The van der Waals surface area contributed by atoms with Crippen LogP contribution in [0.5, 0.6) is 0 Å². The molecule has 29 heavy (non-hydrogen) atoms. The minimum absolute atomic E-state index is 0.0535. The smallest absolute Gasteiger partial charge is 0.331 e. The standard InChI is InChI=1S/C23H26N2O4/c1-4-25(5-2)23(28)19-10-12-20(13-11-19)24-21(26)16-29-22(27)14-9-18-8-6-7-17(3)15-18/h6-15H,4-5,16H2,1-3H3,(H,24,26)/b14-9+. The molecule has 152 valence electrons. The lowest BCUT2D eigenvalue weighted by molar-refractivity contribution is -0.142. The average Bonchev–Trinajstić information content (AvgIpc) is 2.72. The Morgan fingerprint density at radius 2 is 1.72 bits per heavy atom. The highest BCUT2D eigenvalue weighted by Crippen LogP contribution is 2.12. The summed E-state index contributed by atoms with van der Waals surface area (Å²) in [4.78, 5) is 37.7. The molecular formula is C23H26N2O4. The second-order valence-electron chi connectivity index (χ2n) is 6.46. The molecule has 1 N–H and O–H groups in total. The highest BCUT2D eigenvalue weighted by Gasteiger charge is 2.12. The Morgan fingerprint density at radius 3 is 2.34 bits per heavy atom. The zero-order valence-corrected chi connectivity index (χ0v) is 17.0. The van der Waals surface area contributed by atoms with E-state index in [1.54, 1.807) is 35.2 Å².